The fraction of sp³-hybridized carbons (Fsp3) is 0.647. The Kier molecular flexibility index (Phi) is 4.57. The number of nitrogens with zero attached hydrogens (tertiary/aromatic N) is 2. The number of rotatable bonds is 3. The molecule has 3 rings (SSSR count). The standard InChI is InChI=1S/C17H26FN3/c1-13-10-20-8-3-2-7-16(20)11-21(13)12-17(19)14-5-4-6-15(18)9-14/h4-6,9,13,16-17H,2-3,7-8,10-12,19H2,1H3. The van der Waals surface area contributed by atoms with Crippen LogP contribution >= 0.6 is 0 Å². The Morgan fingerprint density at radius 2 is 2.19 bits per heavy atom. The first-order chi connectivity index (χ1) is 10.1. The van der Waals surface area contributed by atoms with Crippen LogP contribution in [0.4, 0.5) is 4.39 Å². The molecule has 1 aromatic rings. The molecule has 0 amide bonds. The quantitative estimate of drug-likeness (QED) is 0.928. The summed E-state index contributed by atoms with van der Waals surface area (Å²) in [6, 6.07) is 7.81. The van der Waals surface area contributed by atoms with E-state index in [4.69, 9.17) is 5.73 Å². The molecular weight excluding hydrogens is 265 g/mol. The van der Waals surface area contributed by atoms with Crippen molar-refractivity contribution in [3.05, 3.63) is 35.6 Å². The third-order valence-corrected chi connectivity index (χ3v) is 5.02. The molecule has 2 fully saturated rings. The van der Waals surface area contributed by atoms with E-state index in [-0.39, 0.29) is 11.9 Å². The van der Waals surface area contributed by atoms with E-state index in [9.17, 15) is 4.39 Å². The van der Waals surface area contributed by atoms with Crippen molar-refractivity contribution in [2.75, 3.05) is 26.2 Å². The molecule has 116 valence electrons. The molecule has 4 heteroatoms. The molecule has 21 heavy (non-hydrogen) atoms. The van der Waals surface area contributed by atoms with Crippen LogP contribution in [0.5, 0.6) is 0 Å². The number of hydrogen-bond donors (Lipinski definition) is 1. The highest BCUT2D eigenvalue weighted by Crippen LogP contribution is 2.25. The van der Waals surface area contributed by atoms with Gasteiger partial charge in [-0.15, -0.1) is 0 Å². The fourth-order valence-corrected chi connectivity index (χ4v) is 3.76. The van der Waals surface area contributed by atoms with Crippen molar-refractivity contribution in [3.8, 4) is 0 Å². The van der Waals surface area contributed by atoms with Crippen LogP contribution in [0.3, 0.4) is 0 Å². The number of benzene rings is 1. The summed E-state index contributed by atoms with van der Waals surface area (Å²) in [4.78, 5) is 5.13. The number of piperidine rings is 1. The molecule has 0 saturated carbocycles. The average molecular weight is 291 g/mol. The summed E-state index contributed by atoms with van der Waals surface area (Å²) in [6.07, 6.45) is 3.99. The minimum Gasteiger partial charge on any atom is -0.323 e. The van der Waals surface area contributed by atoms with Crippen LogP contribution in [0, 0.1) is 5.82 Å². The summed E-state index contributed by atoms with van der Waals surface area (Å²) in [5.74, 6) is -0.201. The van der Waals surface area contributed by atoms with Gasteiger partial charge in [-0.25, -0.2) is 4.39 Å². The molecule has 2 aliphatic rings. The van der Waals surface area contributed by atoms with E-state index < -0.39 is 0 Å². The molecule has 0 spiro atoms. The van der Waals surface area contributed by atoms with Gasteiger partial charge in [0.2, 0.25) is 0 Å². The van der Waals surface area contributed by atoms with E-state index in [0.717, 1.165) is 25.2 Å². The Morgan fingerprint density at radius 1 is 1.33 bits per heavy atom. The van der Waals surface area contributed by atoms with E-state index in [2.05, 4.69) is 16.7 Å². The zero-order valence-corrected chi connectivity index (χ0v) is 12.8. The van der Waals surface area contributed by atoms with E-state index in [1.54, 1.807) is 12.1 Å². The summed E-state index contributed by atoms with van der Waals surface area (Å²) in [7, 11) is 0. The largest absolute Gasteiger partial charge is 0.323 e. The van der Waals surface area contributed by atoms with Gasteiger partial charge in [-0.3, -0.25) is 9.80 Å². The van der Waals surface area contributed by atoms with Gasteiger partial charge in [0.15, 0.2) is 0 Å². The second-order valence-electron chi connectivity index (χ2n) is 6.61. The zero-order chi connectivity index (χ0) is 14.8. The van der Waals surface area contributed by atoms with Crippen molar-refractivity contribution in [3.63, 3.8) is 0 Å². The van der Waals surface area contributed by atoms with Gasteiger partial charge in [-0.05, 0) is 44.0 Å². The summed E-state index contributed by atoms with van der Waals surface area (Å²) in [5, 5.41) is 0. The Labute approximate surface area is 126 Å². The van der Waals surface area contributed by atoms with Crippen LogP contribution in [0.25, 0.3) is 0 Å². The molecular formula is C17H26FN3. The second-order valence-corrected chi connectivity index (χ2v) is 6.61. The van der Waals surface area contributed by atoms with Gasteiger partial charge in [0.25, 0.3) is 0 Å². The Balaban J connectivity index is 1.63. The van der Waals surface area contributed by atoms with Gasteiger partial charge in [-0.2, -0.15) is 0 Å². The third kappa shape index (κ3) is 3.44. The van der Waals surface area contributed by atoms with Crippen LogP contribution in [-0.4, -0.2) is 48.1 Å². The first-order valence-corrected chi connectivity index (χ1v) is 8.12. The molecule has 0 aromatic heterocycles. The number of fused-ring (bicyclic) bond motifs is 1. The second kappa shape index (κ2) is 6.42. The van der Waals surface area contributed by atoms with Crippen molar-refractivity contribution in [2.45, 2.75) is 44.3 Å². The summed E-state index contributed by atoms with van der Waals surface area (Å²) in [5.41, 5.74) is 7.20. The lowest BCUT2D eigenvalue weighted by molar-refractivity contribution is 0.0125. The predicted octanol–water partition coefficient (Wildman–Crippen LogP) is 2.38. The number of piperazine rings is 1. The highest BCUT2D eigenvalue weighted by atomic mass is 19.1. The van der Waals surface area contributed by atoms with E-state index in [1.165, 1.54) is 31.9 Å². The maximum Gasteiger partial charge on any atom is 0.123 e. The molecule has 2 saturated heterocycles. The monoisotopic (exact) mass is 291 g/mol. The lowest BCUT2D eigenvalue weighted by Gasteiger charge is -2.48. The molecule has 3 unspecified atom stereocenters. The number of halogens is 1. The average Bonchev–Trinajstić information content (AvgIpc) is 2.48. The molecule has 2 N–H and O–H groups in total. The minimum atomic E-state index is -0.201. The first-order valence-electron chi connectivity index (χ1n) is 8.12. The van der Waals surface area contributed by atoms with Gasteiger partial charge < -0.3 is 5.73 Å². The van der Waals surface area contributed by atoms with Gasteiger partial charge >= 0.3 is 0 Å². The van der Waals surface area contributed by atoms with Gasteiger partial charge in [-0.1, -0.05) is 18.6 Å². The van der Waals surface area contributed by atoms with Crippen molar-refractivity contribution < 1.29 is 4.39 Å². The Morgan fingerprint density at radius 3 is 3.00 bits per heavy atom. The highest BCUT2D eigenvalue weighted by Gasteiger charge is 2.33. The normalized spacial score (nSPS) is 29.1. The maximum absolute atomic E-state index is 13.3. The van der Waals surface area contributed by atoms with Gasteiger partial charge in [0, 0.05) is 37.8 Å². The van der Waals surface area contributed by atoms with E-state index in [1.807, 2.05) is 6.07 Å². The highest BCUT2D eigenvalue weighted by molar-refractivity contribution is 5.20. The summed E-state index contributed by atoms with van der Waals surface area (Å²) < 4.78 is 13.3. The van der Waals surface area contributed by atoms with Crippen LogP contribution in [0.2, 0.25) is 0 Å². The minimum absolute atomic E-state index is 0.113. The maximum atomic E-state index is 13.3. The molecule has 2 heterocycles. The molecule has 0 bridgehead atoms. The molecule has 1 aromatic carbocycles. The van der Waals surface area contributed by atoms with Crippen LogP contribution < -0.4 is 5.73 Å². The van der Waals surface area contributed by atoms with Gasteiger partial charge in [0.1, 0.15) is 5.82 Å². The van der Waals surface area contributed by atoms with Crippen molar-refractivity contribution in [1.29, 1.82) is 0 Å². The zero-order valence-electron chi connectivity index (χ0n) is 12.8. The summed E-state index contributed by atoms with van der Waals surface area (Å²) in [6.45, 7) is 6.58. The SMILES string of the molecule is CC1CN2CCCCC2CN1CC(N)c1cccc(F)c1. The number of nitrogens with two attached hydrogens (primary N) is 1. The van der Waals surface area contributed by atoms with Crippen molar-refractivity contribution in [1.82, 2.24) is 9.80 Å². The lowest BCUT2D eigenvalue weighted by atomic mass is 9.96. The lowest BCUT2D eigenvalue weighted by Crippen LogP contribution is -2.59. The third-order valence-electron chi connectivity index (χ3n) is 5.02. The first kappa shape index (κ1) is 14.9. The van der Waals surface area contributed by atoms with Gasteiger partial charge in [0.05, 0.1) is 0 Å². The van der Waals surface area contributed by atoms with E-state index in [0.29, 0.717) is 12.1 Å². The smallest absolute Gasteiger partial charge is 0.123 e. The molecule has 0 radical (unpaired) electrons. The topological polar surface area (TPSA) is 32.5 Å². The Hall–Kier alpha value is -0.970. The van der Waals surface area contributed by atoms with E-state index >= 15 is 0 Å². The van der Waals surface area contributed by atoms with Crippen LogP contribution in [0.15, 0.2) is 24.3 Å². The molecule has 0 aliphatic carbocycles. The molecule has 3 nitrogen and oxygen atoms in total. The van der Waals surface area contributed by atoms with Crippen molar-refractivity contribution >= 4 is 0 Å². The molecule has 3 atom stereocenters. The van der Waals surface area contributed by atoms with Crippen LogP contribution in [-0.2, 0) is 0 Å². The Bertz CT molecular complexity index is 479. The number of hydrogen-bond acceptors (Lipinski definition) is 3. The predicted molar refractivity (Wildman–Crippen MR) is 83.6 cm³/mol. The molecule has 2 aliphatic heterocycles. The summed E-state index contributed by atoms with van der Waals surface area (Å²) >= 11 is 0. The van der Waals surface area contributed by atoms with Crippen molar-refractivity contribution in [2.24, 2.45) is 5.73 Å². The van der Waals surface area contributed by atoms with Crippen LogP contribution in [0.1, 0.15) is 37.8 Å². The fourth-order valence-electron chi connectivity index (χ4n) is 3.76.